The van der Waals surface area contributed by atoms with Crippen molar-refractivity contribution in [3.63, 3.8) is 0 Å². The van der Waals surface area contributed by atoms with Crippen molar-refractivity contribution in [2.75, 3.05) is 31.2 Å². The van der Waals surface area contributed by atoms with Crippen LogP contribution in [-0.2, 0) is 4.74 Å². The lowest BCUT2D eigenvalue weighted by atomic mass is 9.80. The predicted octanol–water partition coefficient (Wildman–Crippen LogP) is 2.88. The van der Waals surface area contributed by atoms with E-state index in [0.717, 1.165) is 45.6 Å². The first-order chi connectivity index (χ1) is 8.69. The maximum atomic E-state index is 13.8. The normalized spacial score (nSPS) is 22.7. The number of pyridine rings is 1. The average Bonchev–Trinajstić information content (AvgIpc) is 2.74. The van der Waals surface area contributed by atoms with E-state index in [2.05, 4.69) is 4.98 Å². The zero-order valence-corrected chi connectivity index (χ0v) is 10.9. The van der Waals surface area contributed by atoms with Gasteiger partial charge in [-0.25, -0.2) is 9.37 Å². The van der Waals surface area contributed by atoms with Crippen LogP contribution in [0.4, 0.5) is 10.2 Å². The Morgan fingerprint density at radius 2 is 2.11 bits per heavy atom. The lowest BCUT2D eigenvalue weighted by Crippen LogP contribution is -2.33. The van der Waals surface area contributed by atoms with Gasteiger partial charge in [-0.2, -0.15) is 0 Å². The van der Waals surface area contributed by atoms with Gasteiger partial charge < -0.3 is 9.64 Å². The molecule has 0 N–H and O–H groups in total. The van der Waals surface area contributed by atoms with E-state index < -0.39 is 0 Å². The van der Waals surface area contributed by atoms with Crippen molar-refractivity contribution < 1.29 is 9.13 Å². The minimum absolute atomic E-state index is 0.298. The topological polar surface area (TPSA) is 25.4 Å². The molecular formula is C13H16ClFN2O. The first kappa shape index (κ1) is 12.2. The van der Waals surface area contributed by atoms with Gasteiger partial charge >= 0.3 is 0 Å². The third-order valence-electron chi connectivity index (χ3n) is 4.08. The largest absolute Gasteiger partial charge is 0.381 e. The maximum Gasteiger partial charge on any atom is 0.167 e. The average molecular weight is 271 g/mol. The third-order valence-corrected chi connectivity index (χ3v) is 4.29. The molecule has 0 bridgehead atoms. The highest BCUT2D eigenvalue weighted by Crippen LogP contribution is 2.41. The smallest absolute Gasteiger partial charge is 0.167 e. The second-order valence-electron chi connectivity index (χ2n) is 5.24. The molecule has 0 atom stereocenters. The van der Waals surface area contributed by atoms with Crippen LogP contribution in [0.25, 0.3) is 0 Å². The Morgan fingerprint density at radius 3 is 2.83 bits per heavy atom. The van der Waals surface area contributed by atoms with Crippen molar-refractivity contribution in [1.29, 1.82) is 0 Å². The highest BCUT2D eigenvalue weighted by molar-refractivity contribution is 6.30. The fraction of sp³-hybridized carbons (Fsp3) is 0.615. The van der Waals surface area contributed by atoms with Gasteiger partial charge in [0.25, 0.3) is 0 Å². The Bertz CT molecular complexity index is 449. The van der Waals surface area contributed by atoms with Gasteiger partial charge in [0.1, 0.15) is 0 Å². The number of hydrogen-bond acceptors (Lipinski definition) is 3. The summed E-state index contributed by atoms with van der Waals surface area (Å²) in [6, 6.07) is 1.33. The van der Waals surface area contributed by atoms with Crippen molar-refractivity contribution in [3.8, 4) is 0 Å². The number of rotatable bonds is 1. The minimum atomic E-state index is -0.327. The van der Waals surface area contributed by atoms with Crippen LogP contribution in [0.2, 0.25) is 5.02 Å². The van der Waals surface area contributed by atoms with Gasteiger partial charge in [0.05, 0.1) is 5.02 Å². The number of hydrogen-bond donors (Lipinski definition) is 0. The zero-order chi connectivity index (χ0) is 12.6. The fourth-order valence-corrected chi connectivity index (χ4v) is 3.11. The van der Waals surface area contributed by atoms with E-state index in [1.54, 1.807) is 0 Å². The maximum absolute atomic E-state index is 13.8. The Labute approximate surface area is 111 Å². The molecule has 2 fully saturated rings. The molecule has 3 nitrogen and oxygen atoms in total. The summed E-state index contributed by atoms with van der Waals surface area (Å²) in [6.45, 7) is 3.39. The lowest BCUT2D eigenvalue weighted by Gasteiger charge is -2.33. The highest BCUT2D eigenvalue weighted by Gasteiger charge is 2.40. The minimum Gasteiger partial charge on any atom is -0.381 e. The van der Waals surface area contributed by atoms with Crippen LogP contribution in [-0.4, -0.2) is 31.3 Å². The number of halogens is 2. The van der Waals surface area contributed by atoms with Gasteiger partial charge in [0.2, 0.25) is 0 Å². The van der Waals surface area contributed by atoms with E-state index in [4.69, 9.17) is 16.3 Å². The van der Waals surface area contributed by atoms with Crippen LogP contribution >= 0.6 is 11.6 Å². The predicted molar refractivity (Wildman–Crippen MR) is 68.5 cm³/mol. The SMILES string of the molecule is Fc1cc(Cl)cnc1N1CCC2(CCOCC2)C1. The van der Waals surface area contributed by atoms with Crippen LogP contribution in [0.15, 0.2) is 12.3 Å². The summed E-state index contributed by atoms with van der Waals surface area (Å²) in [6.07, 6.45) is 4.74. The first-order valence-electron chi connectivity index (χ1n) is 6.32. The molecule has 0 aromatic carbocycles. The first-order valence-corrected chi connectivity index (χ1v) is 6.70. The summed E-state index contributed by atoms with van der Waals surface area (Å²) in [4.78, 5) is 6.16. The van der Waals surface area contributed by atoms with Crippen molar-refractivity contribution in [2.24, 2.45) is 5.41 Å². The standard InChI is InChI=1S/C13H16ClFN2O/c14-10-7-11(15)12(16-8-10)17-4-1-13(9-17)2-5-18-6-3-13/h7-8H,1-6,9H2. The van der Waals surface area contributed by atoms with Crippen molar-refractivity contribution in [3.05, 3.63) is 23.1 Å². The number of nitrogens with zero attached hydrogens (tertiary/aromatic N) is 2. The van der Waals surface area contributed by atoms with E-state index in [1.807, 2.05) is 4.90 Å². The van der Waals surface area contributed by atoms with Crippen LogP contribution in [0.5, 0.6) is 0 Å². The lowest BCUT2D eigenvalue weighted by molar-refractivity contribution is 0.0254. The van der Waals surface area contributed by atoms with Gasteiger partial charge in [0, 0.05) is 32.5 Å². The summed E-state index contributed by atoms with van der Waals surface area (Å²) in [5.41, 5.74) is 0.298. The summed E-state index contributed by atoms with van der Waals surface area (Å²) < 4.78 is 19.3. The Kier molecular flexibility index (Phi) is 3.16. The van der Waals surface area contributed by atoms with Crippen LogP contribution in [0.3, 0.4) is 0 Å². The van der Waals surface area contributed by atoms with E-state index in [-0.39, 0.29) is 5.82 Å². The van der Waals surface area contributed by atoms with Gasteiger partial charge in [-0.3, -0.25) is 0 Å². The van der Waals surface area contributed by atoms with Crippen LogP contribution in [0, 0.1) is 11.2 Å². The Balaban J connectivity index is 1.78. The third kappa shape index (κ3) is 2.19. The molecule has 3 heterocycles. The Morgan fingerprint density at radius 1 is 1.33 bits per heavy atom. The molecule has 1 aromatic heterocycles. The van der Waals surface area contributed by atoms with Crippen LogP contribution in [0.1, 0.15) is 19.3 Å². The van der Waals surface area contributed by atoms with Gasteiger partial charge in [-0.15, -0.1) is 0 Å². The number of ether oxygens (including phenoxy) is 1. The van der Waals surface area contributed by atoms with Gasteiger partial charge in [0.15, 0.2) is 11.6 Å². The van der Waals surface area contributed by atoms with E-state index in [9.17, 15) is 4.39 Å². The monoisotopic (exact) mass is 270 g/mol. The molecule has 3 rings (SSSR count). The summed E-state index contributed by atoms with van der Waals surface area (Å²) in [7, 11) is 0. The molecule has 0 aliphatic carbocycles. The molecular weight excluding hydrogens is 255 g/mol. The second kappa shape index (κ2) is 4.67. The molecule has 2 aliphatic rings. The molecule has 5 heteroatoms. The highest BCUT2D eigenvalue weighted by atomic mass is 35.5. The fourth-order valence-electron chi connectivity index (χ4n) is 2.97. The molecule has 98 valence electrons. The molecule has 2 saturated heterocycles. The van der Waals surface area contributed by atoms with E-state index in [0.29, 0.717) is 16.3 Å². The van der Waals surface area contributed by atoms with Crippen LogP contribution < -0.4 is 4.90 Å². The zero-order valence-electron chi connectivity index (χ0n) is 10.2. The summed E-state index contributed by atoms with van der Waals surface area (Å²) >= 11 is 5.73. The molecule has 0 amide bonds. The Hall–Kier alpha value is -0.870. The number of aromatic nitrogens is 1. The van der Waals surface area contributed by atoms with Crippen molar-refractivity contribution >= 4 is 17.4 Å². The molecule has 0 radical (unpaired) electrons. The molecule has 0 unspecified atom stereocenters. The molecule has 1 spiro atoms. The summed E-state index contributed by atoms with van der Waals surface area (Å²) in [5, 5.41) is 0.344. The quantitative estimate of drug-likeness (QED) is 0.785. The molecule has 2 aliphatic heterocycles. The second-order valence-corrected chi connectivity index (χ2v) is 5.68. The molecule has 18 heavy (non-hydrogen) atoms. The number of anilines is 1. The molecule has 0 saturated carbocycles. The van der Waals surface area contributed by atoms with Gasteiger partial charge in [-0.05, 0) is 30.7 Å². The van der Waals surface area contributed by atoms with Gasteiger partial charge in [-0.1, -0.05) is 11.6 Å². The van der Waals surface area contributed by atoms with E-state index >= 15 is 0 Å². The van der Waals surface area contributed by atoms with Crippen molar-refractivity contribution in [1.82, 2.24) is 4.98 Å². The van der Waals surface area contributed by atoms with E-state index in [1.165, 1.54) is 12.3 Å². The summed E-state index contributed by atoms with van der Waals surface area (Å²) in [5.74, 6) is 0.106. The van der Waals surface area contributed by atoms with Crippen molar-refractivity contribution in [2.45, 2.75) is 19.3 Å². The molecule has 1 aromatic rings.